The highest BCUT2D eigenvalue weighted by atomic mass is 35.5. The largest absolute Gasteiger partial charge is 0.496 e. The van der Waals surface area contributed by atoms with E-state index in [0.29, 0.717) is 5.02 Å². The molecule has 0 fully saturated rings. The van der Waals surface area contributed by atoms with E-state index in [1.165, 1.54) is 0 Å². The van der Waals surface area contributed by atoms with Crippen molar-refractivity contribution >= 4 is 11.6 Å². The molecule has 0 aliphatic rings. The lowest BCUT2D eigenvalue weighted by Gasteiger charge is -2.20. The first kappa shape index (κ1) is 14.9. The lowest BCUT2D eigenvalue weighted by molar-refractivity contribution is 0.405. The number of aromatic nitrogens is 2. The van der Waals surface area contributed by atoms with Crippen molar-refractivity contribution in [2.75, 3.05) is 7.11 Å². The topological polar surface area (TPSA) is 53.1 Å². The summed E-state index contributed by atoms with van der Waals surface area (Å²) in [5, 5.41) is 4.88. The molecule has 0 saturated carbocycles. The van der Waals surface area contributed by atoms with Gasteiger partial charge in [0.1, 0.15) is 5.75 Å². The van der Waals surface area contributed by atoms with E-state index in [1.54, 1.807) is 13.3 Å². The van der Waals surface area contributed by atoms with Crippen molar-refractivity contribution in [1.82, 2.24) is 9.78 Å². The molecular formula is C15H20ClN3O. The van der Waals surface area contributed by atoms with E-state index in [1.807, 2.05) is 43.7 Å². The Morgan fingerprint density at radius 2 is 2.05 bits per heavy atom. The number of nitrogens with two attached hydrogens (primary N) is 1. The van der Waals surface area contributed by atoms with E-state index in [4.69, 9.17) is 22.1 Å². The molecule has 0 radical (unpaired) electrons. The van der Waals surface area contributed by atoms with Crippen LogP contribution in [0.5, 0.6) is 5.75 Å². The second kappa shape index (κ2) is 5.85. The van der Waals surface area contributed by atoms with E-state index >= 15 is 0 Å². The van der Waals surface area contributed by atoms with Crippen molar-refractivity contribution in [2.24, 2.45) is 5.73 Å². The first-order valence-corrected chi connectivity index (χ1v) is 6.96. The molecule has 2 aromatic rings. The maximum absolute atomic E-state index is 6.40. The molecule has 0 aliphatic heterocycles. The highest BCUT2D eigenvalue weighted by Crippen LogP contribution is 2.33. The number of rotatable bonds is 4. The molecule has 5 heteroatoms. The summed E-state index contributed by atoms with van der Waals surface area (Å²) < 4.78 is 7.29. The van der Waals surface area contributed by atoms with Gasteiger partial charge in [0.15, 0.2) is 0 Å². The fourth-order valence-corrected chi connectivity index (χ4v) is 2.52. The van der Waals surface area contributed by atoms with Crippen LogP contribution in [0, 0.1) is 6.92 Å². The lowest BCUT2D eigenvalue weighted by atomic mass is 10.0. The highest BCUT2D eigenvalue weighted by molar-refractivity contribution is 6.31. The molecule has 0 amide bonds. The molecule has 1 aromatic carbocycles. The average Bonchev–Trinajstić information content (AvgIpc) is 2.79. The normalized spacial score (nSPS) is 12.8. The van der Waals surface area contributed by atoms with Gasteiger partial charge >= 0.3 is 0 Å². The van der Waals surface area contributed by atoms with Crippen LogP contribution in [0.1, 0.15) is 42.8 Å². The van der Waals surface area contributed by atoms with Crippen LogP contribution in [0.25, 0.3) is 0 Å². The van der Waals surface area contributed by atoms with E-state index in [0.717, 1.165) is 22.6 Å². The molecule has 0 spiro atoms. The minimum atomic E-state index is -0.372. The third-order valence-corrected chi connectivity index (χ3v) is 3.59. The molecule has 108 valence electrons. The van der Waals surface area contributed by atoms with Gasteiger partial charge in [0.05, 0.1) is 30.1 Å². The van der Waals surface area contributed by atoms with Crippen molar-refractivity contribution < 1.29 is 4.74 Å². The summed E-state index contributed by atoms with van der Waals surface area (Å²) in [5.41, 5.74) is 9.24. The molecule has 4 nitrogen and oxygen atoms in total. The van der Waals surface area contributed by atoms with E-state index in [9.17, 15) is 0 Å². The van der Waals surface area contributed by atoms with Crippen molar-refractivity contribution in [2.45, 2.75) is 32.9 Å². The van der Waals surface area contributed by atoms with Gasteiger partial charge in [-0.3, -0.25) is 4.68 Å². The van der Waals surface area contributed by atoms with Gasteiger partial charge in [0.25, 0.3) is 0 Å². The second-order valence-electron chi connectivity index (χ2n) is 5.14. The SMILES string of the molecule is COc1cc(C)ccc1C(N)c1c(Cl)cnn1C(C)C. The number of halogens is 1. The highest BCUT2D eigenvalue weighted by Gasteiger charge is 2.22. The zero-order valence-electron chi connectivity index (χ0n) is 12.2. The van der Waals surface area contributed by atoms with Crippen molar-refractivity contribution in [3.63, 3.8) is 0 Å². The number of hydrogen-bond acceptors (Lipinski definition) is 3. The molecule has 0 saturated heterocycles. The molecule has 1 unspecified atom stereocenters. The zero-order valence-corrected chi connectivity index (χ0v) is 13.0. The molecule has 1 aromatic heterocycles. The second-order valence-corrected chi connectivity index (χ2v) is 5.55. The summed E-state index contributed by atoms with van der Waals surface area (Å²) >= 11 is 6.26. The fraction of sp³-hybridized carbons (Fsp3) is 0.400. The fourth-order valence-electron chi connectivity index (χ4n) is 2.28. The number of benzene rings is 1. The Bertz CT molecular complexity index is 607. The standard InChI is InChI=1S/C15H20ClN3O/c1-9(2)19-15(12(16)8-18-19)14(17)11-6-5-10(3)7-13(11)20-4/h5-9,14H,17H2,1-4H3. The van der Waals surface area contributed by atoms with Crippen molar-refractivity contribution in [3.8, 4) is 5.75 Å². The van der Waals surface area contributed by atoms with Crippen molar-refractivity contribution in [1.29, 1.82) is 0 Å². The van der Waals surface area contributed by atoms with Gasteiger partial charge in [0.2, 0.25) is 0 Å². The Kier molecular flexibility index (Phi) is 4.35. The van der Waals surface area contributed by atoms with Crippen LogP contribution in [0.4, 0.5) is 0 Å². The smallest absolute Gasteiger partial charge is 0.124 e. The summed E-state index contributed by atoms with van der Waals surface area (Å²) in [5.74, 6) is 0.769. The summed E-state index contributed by atoms with van der Waals surface area (Å²) in [6.45, 7) is 6.11. The summed E-state index contributed by atoms with van der Waals surface area (Å²) in [7, 11) is 1.65. The van der Waals surface area contributed by atoms with Crippen molar-refractivity contribution in [3.05, 3.63) is 46.2 Å². The molecule has 2 rings (SSSR count). The quantitative estimate of drug-likeness (QED) is 0.939. The molecule has 1 heterocycles. The Morgan fingerprint density at radius 3 is 2.65 bits per heavy atom. The third-order valence-electron chi connectivity index (χ3n) is 3.29. The number of hydrogen-bond donors (Lipinski definition) is 1. The third kappa shape index (κ3) is 2.67. The first-order valence-electron chi connectivity index (χ1n) is 6.58. The predicted octanol–water partition coefficient (Wildman–Crippen LogP) is 3.48. The van der Waals surface area contributed by atoms with Crippen LogP contribution < -0.4 is 10.5 Å². The average molecular weight is 294 g/mol. The number of nitrogens with zero attached hydrogens (tertiary/aromatic N) is 2. The minimum absolute atomic E-state index is 0.194. The van der Waals surface area contributed by atoms with E-state index in [-0.39, 0.29) is 12.1 Å². The Morgan fingerprint density at radius 1 is 1.35 bits per heavy atom. The van der Waals surface area contributed by atoms with Crippen LogP contribution in [0.3, 0.4) is 0 Å². The van der Waals surface area contributed by atoms with Gasteiger partial charge in [-0.1, -0.05) is 23.7 Å². The minimum Gasteiger partial charge on any atom is -0.496 e. The number of aryl methyl sites for hydroxylation is 1. The van der Waals surface area contributed by atoms with Gasteiger partial charge < -0.3 is 10.5 Å². The lowest BCUT2D eigenvalue weighted by Crippen LogP contribution is -2.19. The Labute approximate surface area is 124 Å². The van der Waals surface area contributed by atoms with E-state index < -0.39 is 0 Å². The van der Waals surface area contributed by atoms with Crippen LogP contribution in [0.2, 0.25) is 5.02 Å². The zero-order chi connectivity index (χ0) is 14.9. The Hall–Kier alpha value is -1.52. The van der Waals surface area contributed by atoms with Crippen LogP contribution in [-0.2, 0) is 0 Å². The maximum Gasteiger partial charge on any atom is 0.124 e. The number of methoxy groups -OCH3 is 1. The first-order chi connectivity index (χ1) is 9.45. The van der Waals surface area contributed by atoms with Crippen LogP contribution in [-0.4, -0.2) is 16.9 Å². The van der Waals surface area contributed by atoms with Gasteiger partial charge in [0, 0.05) is 11.6 Å². The Balaban J connectivity index is 2.51. The molecule has 20 heavy (non-hydrogen) atoms. The molecule has 2 N–H and O–H groups in total. The van der Waals surface area contributed by atoms with Gasteiger partial charge in [-0.05, 0) is 32.4 Å². The van der Waals surface area contributed by atoms with Gasteiger partial charge in [-0.2, -0.15) is 5.10 Å². The van der Waals surface area contributed by atoms with Gasteiger partial charge in [-0.15, -0.1) is 0 Å². The van der Waals surface area contributed by atoms with Crippen LogP contribution >= 0.6 is 11.6 Å². The summed E-state index contributed by atoms with van der Waals surface area (Å²) in [6, 6.07) is 5.79. The molecular weight excluding hydrogens is 274 g/mol. The summed E-state index contributed by atoms with van der Waals surface area (Å²) in [4.78, 5) is 0. The van der Waals surface area contributed by atoms with Crippen LogP contribution in [0.15, 0.2) is 24.4 Å². The maximum atomic E-state index is 6.40. The molecule has 1 atom stereocenters. The molecule has 0 aliphatic carbocycles. The summed E-state index contributed by atoms with van der Waals surface area (Å²) in [6.07, 6.45) is 1.64. The van der Waals surface area contributed by atoms with Gasteiger partial charge in [-0.25, -0.2) is 0 Å². The molecule has 0 bridgehead atoms. The number of ether oxygens (including phenoxy) is 1. The monoisotopic (exact) mass is 293 g/mol. The van der Waals surface area contributed by atoms with E-state index in [2.05, 4.69) is 5.10 Å². The predicted molar refractivity (Wildman–Crippen MR) is 81.4 cm³/mol.